The molecule has 5 nitrogen and oxygen atoms in total. The number of alkyl halides is 1. The molecule has 1 aliphatic rings. The first-order chi connectivity index (χ1) is 16.0. The Morgan fingerprint density at radius 3 is 2.58 bits per heavy atom. The zero-order valence-corrected chi connectivity index (χ0v) is 19.6. The van der Waals surface area contributed by atoms with Gasteiger partial charge in [0.2, 0.25) is 0 Å². The molecular weight excluding hydrogens is 439 g/mol. The molecule has 0 saturated carbocycles. The lowest BCUT2D eigenvalue weighted by Crippen LogP contribution is -2.23. The van der Waals surface area contributed by atoms with E-state index >= 15 is 0 Å². The molecule has 0 unspecified atom stereocenters. The van der Waals surface area contributed by atoms with Gasteiger partial charge < -0.3 is 13.8 Å². The number of rotatable bonds is 9. The summed E-state index contributed by atoms with van der Waals surface area (Å²) in [6.07, 6.45) is 3.86. The van der Waals surface area contributed by atoms with E-state index in [2.05, 4.69) is 17.1 Å². The summed E-state index contributed by atoms with van der Waals surface area (Å²) in [5.74, 6) is 0.350. The van der Waals surface area contributed by atoms with E-state index in [1.807, 2.05) is 34.6 Å². The van der Waals surface area contributed by atoms with Gasteiger partial charge in [0.05, 0.1) is 24.9 Å². The number of benzene rings is 2. The van der Waals surface area contributed by atoms with Crippen LogP contribution in [0.4, 0.5) is 10.1 Å². The third-order valence-corrected chi connectivity index (χ3v) is 6.47. The highest BCUT2D eigenvalue weighted by molar-refractivity contribution is 8.00. The smallest absolute Gasteiger partial charge is 0.337 e. The fourth-order valence-corrected chi connectivity index (χ4v) is 4.84. The van der Waals surface area contributed by atoms with Gasteiger partial charge in [-0.2, -0.15) is 0 Å². The molecule has 1 aliphatic carbocycles. The summed E-state index contributed by atoms with van der Waals surface area (Å²) >= 11 is 1.41. The second kappa shape index (κ2) is 10.7. The summed E-state index contributed by atoms with van der Waals surface area (Å²) in [5.41, 5.74) is 4.84. The highest BCUT2D eigenvalue weighted by Crippen LogP contribution is 2.40. The zero-order chi connectivity index (χ0) is 23.2. The Labute approximate surface area is 198 Å². The van der Waals surface area contributed by atoms with Gasteiger partial charge in [0.1, 0.15) is 23.6 Å². The van der Waals surface area contributed by atoms with E-state index in [0.29, 0.717) is 12.2 Å². The van der Waals surface area contributed by atoms with Crippen molar-refractivity contribution in [3.8, 4) is 5.75 Å². The Morgan fingerprint density at radius 1 is 1.15 bits per heavy atom. The van der Waals surface area contributed by atoms with Crippen LogP contribution in [0.2, 0.25) is 0 Å². The zero-order valence-electron chi connectivity index (χ0n) is 18.8. The average molecular weight is 467 g/mol. The molecule has 1 heterocycles. The number of carbonyl (C=O) groups is 1. The van der Waals surface area contributed by atoms with Gasteiger partial charge in [-0.3, -0.25) is 0 Å². The van der Waals surface area contributed by atoms with Gasteiger partial charge in [0.25, 0.3) is 0 Å². The van der Waals surface area contributed by atoms with E-state index < -0.39 is 6.17 Å². The fraction of sp³-hybridized carbons (Fsp3) is 0.308. The third-order valence-electron chi connectivity index (χ3n) is 5.47. The molecule has 1 atom stereocenters. The fourth-order valence-electron chi connectivity index (χ4n) is 3.84. The summed E-state index contributed by atoms with van der Waals surface area (Å²) in [7, 11) is 1.36. The maximum absolute atomic E-state index is 14.2. The van der Waals surface area contributed by atoms with Crippen LogP contribution in [0.3, 0.4) is 0 Å². The highest BCUT2D eigenvalue weighted by Gasteiger charge is 2.22. The molecule has 4 rings (SSSR count). The van der Waals surface area contributed by atoms with E-state index in [1.54, 1.807) is 25.3 Å². The molecule has 0 radical (unpaired) electrons. The number of esters is 1. The summed E-state index contributed by atoms with van der Waals surface area (Å²) < 4.78 is 27.1. The SMILES string of the molecule is COC(=O)c1ccc(COc2cc3c(cc2N(C[C@@H](C)F)Sc2ccccn2)CCC3)cc1. The van der Waals surface area contributed by atoms with Crippen LogP contribution in [-0.2, 0) is 24.2 Å². The molecule has 0 N–H and O–H groups in total. The van der Waals surface area contributed by atoms with E-state index in [0.717, 1.165) is 41.3 Å². The average Bonchev–Trinajstić information content (AvgIpc) is 3.29. The van der Waals surface area contributed by atoms with Crippen molar-refractivity contribution >= 4 is 23.6 Å². The Bertz CT molecular complexity index is 1090. The second-order valence-corrected chi connectivity index (χ2v) is 9.06. The van der Waals surface area contributed by atoms with Crippen LogP contribution in [0.1, 0.15) is 40.4 Å². The predicted octanol–water partition coefficient (Wildman–Crippen LogP) is 5.81. The van der Waals surface area contributed by atoms with E-state index in [9.17, 15) is 9.18 Å². The predicted molar refractivity (Wildman–Crippen MR) is 129 cm³/mol. The number of fused-ring (bicyclic) bond motifs is 1. The molecule has 0 aliphatic heterocycles. The van der Waals surface area contributed by atoms with Crippen LogP contribution in [0, 0.1) is 0 Å². The lowest BCUT2D eigenvalue weighted by atomic mass is 10.1. The molecule has 0 saturated heterocycles. The lowest BCUT2D eigenvalue weighted by molar-refractivity contribution is 0.0600. The molecule has 0 bridgehead atoms. The van der Waals surface area contributed by atoms with Crippen molar-refractivity contribution in [3.05, 3.63) is 83.0 Å². The maximum Gasteiger partial charge on any atom is 0.337 e. The topological polar surface area (TPSA) is 51.7 Å². The number of hydrogen-bond donors (Lipinski definition) is 0. The van der Waals surface area contributed by atoms with Crippen LogP contribution >= 0.6 is 11.9 Å². The quantitative estimate of drug-likeness (QED) is 0.293. The van der Waals surface area contributed by atoms with Crippen molar-refractivity contribution < 1.29 is 18.7 Å². The molecule has 0 spiro atoms. The maximum atomic E-state index is 14.2. The number of aryl methyl sites for hydroxylation is 2. The number of nitrogens with zero attached hydrogens (tertiary/aromatic N) is 2. The Morgan fingerprint density at radius 2 is 1.91 bits per heavy atom. The summed E-state index contributed by atoms with van der Waals surface area (Å²) in [5, 5.41) is 0.794. The normalized spacial score (nSPS) is 13.3. The van der Waals surface area contributed by atoms with Gasteiger partial charge >= 0.3 is 5.97 Å². The van der Waals surface area contributed by atoms with Crippen molar-refractivity contribution in [2.45, 2.75) is 44.0 Å². The number of aromatic nitrogens is 1. The van der Waals surface area contributed by atoms with Crippen LogP contribution < -0.4 is 9.04 Å². The van der Waals surface area contributed by atoms with Crippen LogP contribution in [0.25, 0.3) is 0 Å². The molecule has 33 heavy (non-hydrogen) atoms. The number of methoxy groups -OCH3 is 1. The Kier molecular flexibility index (Phi) is 7.50. The molecule has 0 amide bonds. The molecule has 2 aromatic carbocycles. The van der Waals surface area contributed by atoms with Crippen molar-refractivity contribution in [2.75, 3.05) is 18.0 Å². The van der Waals surface area contributed by atoms with Crippen LogP contribution in [0.15, 0.2) is 65.8 Å². The highest BCUT2D eigenvalue weighted by atomic mass is 32.2. The standard InChI is InChI=1S/C26H27FN2O3S/c1-18(27)16-29(33-25-8-3-4-13-28-25)23-14-21-6-5-7-22(21)15-24(23)32-17-19-9-11-20(12-10-19)26(30)31-2/h3-4,8-15,18H,5-7,16-17H2,1-2H3/t18-/m1/s1. The van der Waals surface area contributed by atoms with Gasteiger partial charge in [0, 0.05) is 18.1 Å². The monoisotopic (exact) mass is 466 g/mol. The molecule has 1 aromatic heterocycles. The van der Waals surface area contributed by atoms with Gasteiger partial charge in [-0.1, -0.05) is 18.2 Å². The van der Waals surface area contributed by atoms with Gasteiger partial charge in [-0.05, 0) is 79.3 Å². The Hall–Kier alpha value is -3.06. The van der Waals surface area contributed by atoms with Gasteiger partial charge in [-0.15, -0.1) is 0 Å². The van der Waals surface area contributed by atoms with Gasteiger partial charge in [-0.25, -0.2) is 14.2 Å². The minimum absolute atomic E-state index is 0.213. The minimum Gasteiger partial charge on any atom is -0.487 e. The van der Waals surface area contributed by atoms with Crippen LogP contribution in [0.5, 0.6) is 5.75 Å². The van der Waals surface area contributed by atoms with Crippen molar-refractivity contribution in [1.29, 1.82) is 0 Å². The first-order valence-corrected chi connectivity index (χ1v) is 11.8. The van der Waals surface area contributed by atoms with E-state index in [4.69, 9.17) is 9.47 Å². The first kappa shape index (κ1) is 23.1. The lowest BCUT2D eigenvalue weighted by Gasteiger charge is -2.26. The van der Waals surface area contributed by atoms with Crippen LogP contribution in [-0.4, -0.2) is 30.8 Å². The Balaban J connectivity index is 1.60. The molecular formula is C26H27FN2O3S. The minimum atomic E-state index is -1.02. The van der Waals surface area contributed by atoms with Crippen molar-refractivity contribution in [2.24, 2.45) is 0 Å². The summed E-state index contributed by atoms with van der Waals surface area (Å²) in [6, 6.07) is 17.1. The molecule has 3 aromatic rings. The molecule has 0 fully saturated rings. The summed E-state index contributed by atoms with van der Waals surface area (Å²) in [6.45, 7) is 2.10. The van der Waals surface area contributed by atoms with Crippen molar-refractivity contribution in [1.82, 2.24) is 4.98 Å². The number of pyridine rings is 1. The molecule has 7 heteroatoms. The summed E-state index contributed by atoms with van der Waals surface area (Å²) in [4.78, 5) is 16.1. The largest absolute Gasteiger partial charge is 0.487 e. The number of hydrogen-bond acceptors (Lipinski definition) is 6. The number of anilines is 1. The van der Waals surface area contributed by atoms with E-state index in [-0.39, 0.29) is 12.5 Å². The third kappa shape index (κ3) is 5.85. The first-order valence-electron chi connectivity index (χ1n) is 11.0. The molecule has 172 valence electrons. The second-order valence-electron chi connectivity index (χ2n) is 8.02. The number of ether oxygens (including phenoxy) is 2. The number of halogens is 1. The van der Waals surface area contributed by atoms with Gasteiger partial charge in [0.15, 0.2) is 0 Å². The number of carbonyl (C=O) groups excluding carboxylic acids is 1. The van der Waals surface area contributed by atoms with Crippen molar-refractivity contribution in [3.63, 3.8) is 0 Å². The van der Waals surface area contributed by atoms with E-state index in [1.165, 1.54) is 30.2 Å².